The van der Waals surface area contributed by atoms with E-state index in [-0.39, 0.29) is 46.3 Å². The third-order valence-corrected chi connectivity index (χ3v) is 9.51. The summed E-state index contributed by atoms with van der Waals surface area (Å²) >= 11 is 0. The fraction of sp³-hybridized carbons (Fsp3) is 0.609. The number of sulfonamides is 1. The van der Waals surface area contributed by atoms with Gasteiger partial charge in [0.2, 0.25) is 15.9 Å². The highest BCUT2D eigenvalue weighted by atomic mass is 32.2. The van der Waals surface area contributed by atoms with Crippen LogP contribution in [0.4, 0.5) is 0 Å². The zero-order valence-electron chi connectivity index (χ0n) is 17.9. The summed E-state index contributed by atoms with van der Waals surface area (Å²) in [5, 5.41) is 9.24. The molecule has 4 bridgehead atoms. The molecule has 1 amide bonds. The SMILES string of the molecule is CC(C)(NS(=O)(=O)c1ccccc1C#N)C(=O)CC1C2CC3CC1CC(C(N)=O)(C3)C2. The largest absolute Gasteiger partial charge is 0.369 e. The molecule has 8 heteroatoms. The van der Waals surface area contributed by atoms with E-state index < -0.39 is 21.0 Å². The Balaban J connectivity index is 1.50. The fourth-order valence-electron chi connectivity index (χ4n) is 6.47. The van der Waals surface area contributed by atoms with Crippen molar-refractivity contribution < 1.29 is 18.0 Å². The van der Waals surface area contributed by atoms with Crippen LogP contribution in [0, 0.1) is 40.4 Å². The molecule has 4 fully saturated rings. The molecule has 4 saturated carbocycles. The van der Waals surface area contributed by atoms with Crippen molar-refractivity contribution in [1.82, 2.24) is 4.72 Å². The maximum absolute atomic E-state index is 13.3. The third kappa shape index (κ3) is 3.79. The zero-order valence-corrected chi connectivity index (χ0v) is 18.7. The summed E-state index contributed by atoms with van der Waals surface area (Å²) in [6.07, 6.45) is 4.69. The predicted molar refractivity (Wildman–Crippen MR) is 114 cm³/mol. The van der Waals surface area contributed by atoms with Crippen LogP contribution >= 0.6 is 0 Å². The van der Waals surface area contributed by atoms with Gasteiger partial charge < -0.3 is 5.73 Å². The number of nitrogens with one attached hydrogen (secondary N) is 1. The highest BCUT2D eigenvalue weighted by molar-refractivity contribution is 7.89. The number of benzene rings is 1. The van der Waals surface area contributed by atoms with E-state index in [0.717, 1.165) is 32.1 Å². The maximum Gasteiger partial charge on any atom is 0.242 e. The highest BCUT2D eigenvalue weighted by Gasteiger charge is 2.58. The molecule has 0 radical (unpaired) electrons. The standard InChI is InChI=1S/C23H29N3O4S/c1-22(2,26-31(29,30)19-6-4-3-5-15(19)13-24)20(27)9-18-16-7-14-8-17(18)12-23(10-14,11-16)21(25)28/h3-6,14,16-18,26H,7-12H2,1-2H3,(H2,25,28). The molecule has 0 heterocycles. The van der Waals surface area contributed by atoms with Gasteiger partial charge in [0.05, 0.1) is 16.0 Å². The van der Waals surface area contributed by atoms with E-state index in [1.54, 1.807) is 26.0 Å². The normalized spacial score (nSPS) is 31.9. The first-order valence-electron chi connectivity index (χ1n) is 10.8. The number of nitrogens with two attached hydrogens (primary N) is 1. The number of nitrogens with zero attached hydrogens (tertiary/aromatic N) is 1. The summed E-state index contributed by atoms with van der Waals surface area (Å²) in [6, 6.07) is 7.83. The van der Waals surface area contributed by atoms with Crippen LogP contribution in [0.1, 0.15) is 57.9 Å². The quantitative estimate of drug-likeness (QED) is 0.669. The van der Waals surface area contributed by atoms with Crippen molar-refractivity contribution >= 4 is 21.7 Å². The molecule has 2 unspecified atom stereocenters. The molecule has 5 rings (SSSR count). The maximum atomic E-state index is 13.3. The molecule has 0 saturated heterocycles. The van der Waals surface area contributed by atoms with Gasteiger partial charge in [0.25, 0.3) is 0 Å². The van der Waals surface area contributed by atoms with Crippen LogP contribution in [-0.4, -0.2) is 25.6 Å². The Labute approximate surface area is 183 Å². The van der Waals surface area contributed by atoms with Crippen LogP contribution in [0.5, 0.6) is 0 Å². The predicted octanol–water partition coefficient (Wildman–Crippen LogP) is 2.50. The number of carbonyl (C=O) groups excluding carboxylic acids is 2. The Morgan fingerprint density at radius 1 is 1.19 bits per heavy atom. The highest BCUT2D eigenvalue weighted by Crippen LogP contribution is 2.62. The van der Waals surface area contributed by atoms with E-state index in [4.69, 9.17) is 5.73 Å². The lowest BCUT2D eigenvalue weighted by atomic mass is 9.45. The third-order valence-electron chi connectivity index (χ3n) is 7.80. The second kappa shape index (κ2) is 7.42. The molecule has 3 N–H and O–H groups in total. The molecular formula is C23H29N3O4S. The number of carbonyl (C=O) groups is 2. The lowest BCUT2D eigenvalue weighted by molar-refractivity contribution is -0.152. The first-order valence-corrected chi connectivity index (χ1v) is 12.3. The second-order valence-electron chi connectivity index (χ2n) is 10.2. The van der Waals surface area contributed by atoms with Gasteiger partial charge in [0, 0.05) is 11.8 Å². The number of rotatable bonds is 7. The molecule has 0 spiro atoms. The summed E-state index contributed by atoms with van der Waals surface area (Å²) in [5.41, 5.74) is 4.07. The average molecular weight is 444 g/mol. The van der Waals surface area contributed by atoms with Crippen LogP contribution in [0.25, 0.3) is 0 Å². The van der Waals surface area contributed by atoms with Gasteiger partial charge in [-0.05, 0) is 81.8 Å². The number of hydrogen-bond acceptors (Lipinski definition) is 5. The van der Waals surface area contributed by atoms with Crippen LogP contribution in [0.3, 0.4) is 0 Å². The molecule has 1 aromatic carbocycles. The number of ketones is 1. The molecule has 166 valence electrons. The monoisotopic (exact) mass is 443 g/mol. The molecule has 0 aromatic heterocycles. The van der Waals surface area contributed by atoms with Gasteiger partial charge in [-0.3, -0.25) is 9.59 Å². The lowest BCUT2D eigenvalue weighted by Crippen LogP contribution is -2.57. The Bertz CT molecular complexity index is 1060. The first-order chi connectivity index (χ1) is 14.5. The first kappa shape index (κ1) is 22.0. The average Bonchev–Trinajstić information content (AvgIpc) is 2.69. The van der Waals surface area contributed by atoms with Gasteiger partial charge in [0.15, 0.2) is 5.78 Å². The Morgan fingerprint density at radius 2 is 1.81 bits per heavy atom. The fourth-order valence-corrected chi connectivity index (χ4v) is 8.03. The topological polar surface area (TPSA) is 130 Å². The molecule has 31 heavy (non-hydrogen) atoms. The summed E-state index contributed by atoms with van der Waals surface area (Å²) in [4.78, 5) is 25.3. The minimum Gasteiger partial charge on any atom is -0.369 e. The molecule has 1 aromatic rings. The number of Topliss-reactive ketones (excluding diaryl/α,β-unsaturated/α-hetero) is 1. The minimum absolute atomic E-state index is 0.0380. The Morgan fingerprint density at radius 3 is 2.39 bits per heavy atom. The van der Waals surface area contributed by atoms with Crippen LogP contribution in [-0.2, 0) is 19.6 Å². The lowest BCUT2D eigenvalue weighted by Gasteiger charge is -2.59. The van der Waals surface area contributed by atoms with Crippen LogP contribution < -0.4 is 10.5 Å². The smallest absolute Gasteiger partial charge is 0.242 e. The van der Waals surface area contributed by atoms with E-state index in [9.17, 15) is 23.3 Å². The number of hydrogen-bond donors (Lipinski definition) is 2. The van der Waals surface area contributed by atoms with E-state index in [0.29, 0.717) is 5.92 Å². The van der Waals surface area contributed by atoms with Gasteiger partial charge in [-0.1, -0.05) is 12.1 Å². The Hall–Kier alpha value is -2.24. The summed E-state index contributed by atoms with van der Waals surface area (Å²) in [5.74, 6) is 0.859. The Kier molecular flexibility index (Phi) is 5.26. The van der Waals surface area contributed by atoms with Crippen molar-refractivity contribution in [1.29, 1.82) is 5.26 Å². The van der Waals surface area contributed by atoms with Gasteiger partial charge in [-0.25, -0.2) is 8.42 Å². The molecule has 4 aliphatic carbocycles. The van der Waals surface area contributed by atoms with Crippen LogP contribution in [0.2, 0.25) is 0 Å². The number of amides is 1. The molecule has 0 aliphatic heterocycles. The van der Waals surface area contributed by atoms with Crippen molar-refractivity contribution in [3.05, 3.63) is 29.8 Å². The van der Waals surface area contributed by atoms with E-state index in [1.165, 1.54) is 12.1 Å². The number of primary amides is 1. The van der Waals surface area contributed by atoms with Crippen molar-refractivity contribution in [2.45, 2.75) is 62.8 Å². The van der Waals surface area contributed by atoms with Gasteiger partial charge in [-0.2, -0.15) is 9.98 Å². The van der Waals surface area contributed by atoms with Gasteiger partial charge in [0.1, 0.15) is 6.07 Å². The van der Waals surface area contributed by atoms with E-state index >= 15 is 0 Å². The van der Waals surface area contributed by atoms with E-state index in [1.807, 2.05) is 6.07 Å². The van der Waals surface area contributed by atoms with E-state index in [2.05, 4.69) is 4.72 Å². The number of nitriles is 1. The minimum atomic E-state index is -4.04. The van der Waals surface area contributed by atoms with Crippen LogP contribution in [0.15, 0.2) is 29.2 Å². The summed E-state index contributed by atoms with van der Waals surface area (Å²) < 4.78 is 28.4. The zero-order chi connectivity index (χ0) is 22.6. The summed E-state index contributed by atoms with van der Waals surface area (Å²) in [6.45, 7) is 3.14. The van der Waals surface area contributed by atoms with Gasteiger partial charge in [-0.15, -0.1) is 0 Å². The van der Waals surface area contributed by atoms with Crippen molar-refractivity contribution in [2.24, 2.45) is 34.8 Å². The molecular weight excluding hydrogens is 414 g/mol. The van der Waals surface area contributed by atoms with Crippen molar-refractivity contribution in [2.75, 3.05) is 0 Å². The molecule has 4 aliphatic rings. The van der Waals surface area contributed by atoms with Crippen molar-refractivity contribution in [3.63, 3.8) is 0 Å². The molecule has 2 atom stereocenters. The summed E-state index contributed by atoms with van der Waals surface area (Å²) in [7, 11) is -4.04. The molecule has 7 nitrogen and oxygen atoms in total. The van der Waals surface area contributed by atoms with Gasteiger partial charge >= 0.3 is 0 Å². The second-order valence-corrected chi connectivity index (χ2v) is 11.9. The van der Waals surface area contributed by atoms with Crippen molar-refractivity contribution in [3.8, 4) is 6.07 Å².